The molecule has 25 heavy (non-hydrogen) atoms. The van der Waals surface area contributed by atoms with E-state index in [1.807, 2.05) is 43.3 Å². The van der Waals surface area contributed by atoms with Gasteiger partial charge in [-0.15, -0.1) is 0 Å². The maximum Gasteiger partial charge on any atom is 0.261 e. The van der Waals surface area contributed by atoms with Crippen LogP contribution >= 0.6 is 11.6 Å². The van der Waals surface area contributed by atoms with Crippen LogP contribution in [0.1, 0.15) is 25.3 Å². The van der Waals surface area contributed by atoms with E-state index in [-0.39, 0.29) is 5.91 Å². The fourth-order valence-electron chi connectivity index (χ4n) is 2.53. The molecule has 0 saturated heterocycles. The fourth-order valence-corrected chi connectivity index (χ4v) is 2.71. The second-order valence-electron chi connectivity index (χ2n) is 5.65. The summed E-state index contributed by atoms with van der Waals surface area (Å²) in [5.74, 6) is 1.28. The van der Waals surface area contributed by atoms with Crippen molar-refractivity contribution in [1.82, 2.24) is 5.32 Å². The van der Waals surface area contributed by atoms with Gasteiger partial charge < -0.3 is 14.8 Å². The monoisotopic (exact) mass is 361 g/mol. The smallest absolute Gasteiger partial charge is 0.261 e. The molecule has 1 N–H and O–H groups in total. The lowest BCUT2D eigenvalue weighted by Crippen LogP contribution is -2.38. The molecule has 0 unspecified atom stereocenters. The number of methoxy groups -OCH3 is 1. The van der Waals surface area contributed by atoms with Crippen molar-refractivity contribution in [2.24, 2.45) is 0 Å². The minimum atomic E-state index is -0.550. The van der Waals surface area contributed by atoms with Gasteiger partial charge in [-0.25, -0.2) is 0 Å². The van der Waals surface area contributed by atoms with Gasteiger partial charge in [0.1, 0.15) is 11.5 Å². The first-order valence-corrected chi connectivity index (χ1v) is 8.84. The van der Waals surface area contributed by atoms with E-state index in [0.717, 1.165) is 24.2 Å². The van der Waals surface area contributed by atoms with Gasteiger partial charge in [0, 0.05) is 6.54 Å². The topological polar surface area (TPSA) is 47.6 Å². The summed E-state index contributed by atoms with van der Waals surface area (Å²) in [7, 11) is 1.67. The highest BCUT2D eigenvalue weighted by Crippen LogP contribution is 2.25. The lowest BCUT2D eigenvalue weighted by atomic mass is 10.1. The fraction of sp³-hybridized carbons (Fsp3) is 0.350. The van der Waals surface area contributed by atoms with E-state index in [1.165, 1.54) is 0 Å². The third-order valence-electron chi connectivity index (χ3n) is 3.88. The molecular formula is C20H24ClNO3. The van der Waals surface area contributed by atoms with Crippen LogP contribution in [0.2, 0.25) is 5.02 Å². The van der Waals surface area contributed by atoms with Gasteiger partial charge in [0.05, 0.1) is 12.1 Å². The largest absolute Gasteiger partial charge is 0.496 e. The van der Waals surface area contributed by atoms with Crippen LogP contribution < -0.4 is 14.8 Å². The number of amides is 1. The number of hydrogen-bond donors (Lipinski definition) is 1. The summed E-state index contributed by atoms with van der Waals surface area (Å²) in [6.07, 6.45) is 1.69. The summed E-state index contributed by atoms with van der Waals surface area (Å²) in [6, 6.07) is 15.1. The van der Waals surface area contributed by atoms with E-state index in [9.17, 15) is 4.79 Å². The first-order valence-electron chi connectivity index (χ1n) is 8.46. The van der Waals surface area contributed by atoms with E-state index in [0.29, 0.717) is 23.7 Å². The summed E-state index contributed by atoms with van der Waals surface area (Å²) in [5, 5.41) is 3.44. The zero-order valence-electron chi connectivity index (χ0n) is 14.6. The number of carbonyl (C=O) groups excluding carboxylic acids is 1. The number of nitrogens with one attached hydrogen (secondary N) is 1. The molecule has 0 spiro atoms. The number of halogens is 1. The maximum absolute atomic E-state index is 12.3. The summed E-state index contributed by atoms with van der Waals surface area (Å²) < 4.78 is 11.1. The van der Waals surface area contributed by atoms with E-state index in [2.05, 4.69) is 5.32 Å². The van der Waals surface area contributed by atoms with Crippen LogP contribution in [0, 0.1) is 0 Å². The average Bonchev–Trinajstić information content (AvgIpc) is 2.64. The van der Waals surface area contributed by atoms with Gasteiger partial charge >= 0.3 is 0 Å². The van der Waals surface area contributed by atoms with Gasteiger partial charge in [0.25, 0.3) is 5.91 Å². The van der Waals surface area contributed by atoms with Crippen LogP contribution in [0.25, 0.3) is 0 Å². The van der Waals surface area contributed by atoms with Crippen molar-refractivity contribution < 1.29 is 14.3 Å². The summed E-state index contributed by atoms with van der Waals surface area (Å²) in [5.41, 5.74) is 1.14. The van der Waals surface area contributed by atoms with Crippen LogP contribution in [-0.2, 0) is 11.2 Å². The highest BCUT2D eigenvalue weighted by atomic mass is 35.5. The third-order valence-corrected chi connectivity index (χ3v) is 4.20. The molecule has 0 aromatic heterocycles. The molecular weight excluding hydrogens is 338 g/mol. The minimum Gasteiger partial charge on any atom is -0.496 e. The van der Waals surface area contributed by atoms with Gasteiger partial charge in [-0.1, -0.05) is 48.9 Å². The van der Waals surface area contributed by atoms with E-state index in [4.69, 9.17) is 21.1 Å². The third kappa shape index (κ3) is 5.68. The predicted octanol–water partition coefficient (Wildman–Crippen LogP) is 4.26. The Morgan fingerprint density at radius 2 is 1.80 bits per heavy atom. The minimum absolute atomic E-state index is 0.123. The van der Waals surface area contributed by atoms with Crippen molar-refractivity contribution >= 4 is 17.5 Å². The molecule has 0 heterocycles. The van der Waals surface area contributed by atoms with Gasteiger partial charge in [-0.3, -0.25) is 4.79 Å². The quantitative estimate of drug-likeness (QED) is 0.679. The molecule has 0 fully saturated rings. The number of aryl methyl sites for hydroxylation is 1. The maximum atomic E-state index is 12.3. The average molecular weight is 362 g/mol. The van der Waals surface area contributed by atoms with Gasteiger partial charge in [0.2, 0.25) is 0 Å². The molecule has 0 radical (unpaired) electrons. The van der Waals surface area contributed by atoms with Crippen LogP contribution in [0.5, 0.6) is 11.5 Å². The molecule has 134 valence electrons. The predicted molar refractivity (Wildman–Crippen MR) is 100 cm³/mol. The highest BCUT2D eigenvalue weighted by molar-refractivity contribution is 6.32. The Bertz CT molecular complexity index is 690. The Kier molecular flexibility index (Phi) is 7.61. The van der Waals surface area contributed by atoms with Crippen LogP contribution in [0.3, 0.4) is 0 Å². The highest BCUT2D eigenvalue weighted by Gasteiger charge is 2.18. The number of rotatable bonds is 9. The SMILES string of the molecule is CC[C@H](Oc1ccccc1Cl)C(=O)NCCCc1ccccc1OC. The molecule has 0 saturated carbocycles. The zero-order valence-corrected chi connectivity index (χ0v) is 15.4. The number of carbonyl (C=O) groups is 1. The molecule has 1 atom stereocenters. The van der Waals surface area contributed by atoms with Crippen molar-refractivity contribution in [1.29, 1.82) is 0 Å². The lowest BCUT2D eigenvalue weighted by Gasteiger charge is -2.18. The van der Waals surface area contributed by atoms with Crippen LogP contribution in [-0.4, -0.2) is 25.7 Å². The molecule has 2 aromatic rings. The summed E-state index contributed by atoms with van der Waals surface area (Å²) in [6.45, 7) is 2.50. The molecule has 0 aliphatic rings. The normalized spacial score (nSPS) is 11.6. The van der Waals surface area contributed by atoms with Crippen molar-refractivity contribution in [2.75, 3.05) is 13.7 Å². The number of ether oxygens (including phenoxy) is 2. The second-order valence-corrected chi connectivity index (χ2v) is 6.06. The Hall–Kier alpha value is -2.20. The van der Waals surface area contributed by atoms with Crippen molar-refractivity contribution in [3.8, 4) is 11.5 Å². The van der Waals surface area contributed by atoms with E-state index < -0.39 is 6.10 Å². The Balaban J connectivity index is 1.81. The molecule has 4 nitrogen and oxygen atoms in total. The van der Waals surface area contributed by atoms with Crippen LogP contribution in [0.15, 0.2) is 48.5 Å². The first-order chi connectivity index (χ1) is 12.2. The zero-order chi connectivity index (χ0) is 18.1. The van der Waals surface area contributed by atoms with E-state index >= 15 is 0 Å². The Morgan fingerprint density at radius 1 is 1.12 bits per heavy atom. The first kappa shape index (κ1) is 19.1. The number of para-hydroxylation sites is 2. The van der Waals surface area contributed by atoms with E-state index in [1.54, 1.807) is 19.2 Å². The molecule has 5 heteroatoms. The lowest BCUT2D eigenvalue weighted by molar-refractivity contribution is -0.128. The second kappa shape index (κ2) is 9.94. The van der Waals surface area contributed by atoms with Crippen LogP contribution in [0.4, 0.5) is 0 Å². The summed E-state index contributed by atoms with van der Waals surface area (Å²) >= 11 is 6.08. The molecule has 2 rings (SSSR count). The van der Waals surface area contributed by atoms with Crippen molar-refractivity contribution in [2.45, 2.75) is 32.3 Å². The number of hydrogen-bond acceptors (Lipinski definition) is 3. The van der Waals surface area contributed by atoms with Gasteiger partial charge in [-0.05, 0) is 43.0 Å². The molecule has 2 aromatic carbocycles. The summed E-state index contributed by atoms with van der Waals surface area (Å²) in [4.78, 5) is 12.3. The van der Waals surface area contributed by atoms with Crippen molar-refractivity contribution in [3.63, 3.8) is 0 Å². The molecule has 0 aliphatic carbocycles. The van der Waals surface area contributed by atoms with Crippen molar-refractivity contribution in [3.05, 3.63) is 59.1 Å². The standard InChI is InChI=1S/C20H24ClNO3/c1-3-17(25-19-13-7-5-11-16(19)21)20(23)22-14-8-10-15-9-4-6-12-18(15)24-2/h4-7,9,11-13,17H,3,8,10,14H2,1-2H3,(H,22,23)/t17-/m0/s1. The van der Waals surface area contributed by atoms with Gasteiger partial charge in [-0.2, -0.15) is 0 Å². The molecule has 1 amide bonds. The number of benzene rings is 2. The molecule has 0 bridgehead atoms. The Morgan fingerprint density at radius 3 is 2.48 bits per heavy atom. The Labute approximate surface area is 154 Å². The molecule has 0 aliphatic heterocycles. The van der Waals surface area contributed by atoms with Gasteiger partial charge in [0.15, 0.2) is 6.10 Å².